The molecule has 2 aromatic rings. The van der Waals surface area contributed by atoms with Gasteiger partial charge in [0.05, 0.1) is 6.61 Å². The molecule has 176 valence electrons. The van der Waals surface area contributed by atoms with E-state index in [4.69, 9.17) is 4.74 Å². The number of halogens is 1. The zero-order valence-electron chi connectivity index (χ0n) is 19.1. The van der Waals surface area contributed by atoms with E-state index in [9.17, 15) is 9.18 Å². The molecule has 7 heteroatoms. The quantitative estimate of drug-likeness (QED) is 0.725. The topological polar surface area (TPSA) is 57.7 Å². The lowest BCUT2D eigenvalue weighted by atomic mass is 9.84. The first-order chi connectivity index (χ1) is 16.2. The van der Waals surface area contributed by atoms with Crippen LogP contribution in [0.3, 0.4) is 0 Å². The molecule has 1 aliphatic carbocycles. The number of carbonyl (C=O) groups excluding carboxylic acids is 1. The molecule has 1 amide bonds. The molecule has 1 aromatic carbocycles. The van der Waals surface area contributed by atoms with Gasteiger partial charge in [0.2, 0.25) is 0 Å². The highest BCUT2D eigenvalue weighted by Gasteiger charge is 2.26. The normalized spacial score (nSPS) is 23.1. The van der Waals surface area contributed by atoms with E-state index in [1.54, 1.807) is 12.1 Å². The maximum absolute atomic E-state index is 13.1. The SMILES string of the molecule is O=C(N[C@H]1CC[C@H](CCN2CCN(c3nccc4c3OCC4)CC2)CC1)c1ccc(F)cc1. The van der Waals surface area contributed by atoms with Crippen LogP contribution in [0.25, 0.3) is 0 Å². The number of nitrogens with one attached hydrogen (secondary N) is 1. The van der Waals surface area contributed by atoms with Gasteiger partial charge in [0.15, 0.2) is 11.6 Å². The predicted octanol–water partition coefficient (Wildman–Crippen LogP) is 3.66. The summed E-state index contributed by atoms with van der Waals surface area (Å²) in [5, 5.41) is 3.13. The van der Waals surface area contributed by atoms with Crippen LogP contribution in [0.1, 0.15) is 48.0 Å². The fraction of sp³-hybridized carbons (Fsp3) is 0.538. The standard InChI is InChI=1S/C26H33FN4O2/c27-22-5-3-21(4-6-22)26(32)29-23-7-1-19(2-8-23)10-13-30-14-16-31(17-15-30)25-24-20(9-12-28-25)11-18-33-24/h3-6,9,12,19,23H,1-2,7-8,10-11,13-18H2,(H,29,32)/t19-,23-. The molecule has 1 saturated heterocycles. The maximum Gasteiger partial charge on any atom is 0.251 e. The second kappa shape index (κ2) is 10.1. The van der Waals surface area contributed by atoms with Crippen LogP contribution < -0.4 is 15.0 Å². The summed E-state index contributed by atoms with van der Waals surface area (Å²) >= 11 is 0. The number of fused-ring (bicyclic) bond motifs is 1. The highest BCUT2D eigenvalue weighted by molar-refractivity contribution is 5.94. The van der Waals surface area contributed by atoms with Gasteiger partial charge in [-0.2, -0.15) is 0 Å². The van der Waals surface area contributed by atoms with Gasteiger partial charge in [0.25, 0.3) is 5.91 Å². The van der Waals surface area contributed by atoms with Crippen molar-refractivity contribution in [3.8, 4) is 5.75 Å². The van der Waals surface area contributed by atoms with Gasteiger partial charge in [-0.1, -0.05) is 0 Å². The number of ether oxygens (including phenoxy) is 1. The average molecular weight is 453 g/mol. The fourth-order valence-electron chi connectivity index (χ4n) is 5.33. The van der Waals surface area contributed by atoms with Crippen molar-refractivity contribution in [3.63, 3.8) is 0 Å². The Balaban J connectivity index is 1.02. The van der Waals surface area contributed by atoms with Crippen molar-refractivity contribution in [2.75, 3.05) is 44.2 Å². The minimum Gasteiger partial charge on any atom is -0.489 e. The molecular weight excluding hydrogens is 419 g/mol. The van der Waals surface area contributed by atoms with E-state index in [0.717, 1.165) is 88.9 Å². The lowest BCUT2D eigenvalue weighted by molar-refractivity contribution is 0.0919. The zero-order chi connectivity index (χ0) is 22.6. The van der Waals surface area contributed by atoms with Gasteiger partial charge in [0, 0.05) is 56.0 Å². The molecule has 0 unspecified atom stereocenters. The van der Waals surface area contributed by atoms with Crippen molar-refractivity contribution in [1.82, 2.24) is 15.2 Å². The zero-order valence-corrected chi connectivity index (χ0v) is 19.1. The Morgan fingerprint density at radius 2 is 1.82 bits per heavy atom. The molecule has 0 bridgehead atoms. The van der Waals surface area contributed by atoms with Crippen LogP contribution in [-0.2, 0) is 6.42 Å². The molecular formula is C26H33FN4O2. The Morgan fingerprint density at radius 3 is 2.58 bits per heavy atom. The minimum atomic E-state index is -0.317. The van der Waals surface area contributed by atoms with Gasteiger partial charge in [-0.05, 0) is 74.9 Å². The molecule has 0 atom stereocenters. The highest BCUT2D eigenvalue weighted by Crippen LogP contribution is 2.34. The summed E-state index contributed by atoms with van der Waals surface area (Å²) in [5.41, 5.74) is 1.81. The van der Waals surface area contributed by atoms with Crippen LogP contribution >= 0.6 is 0 Å². The Kier molecular flexibility index (Phi) is 6.76. The number of hydrogen-bond acceptors (Lipinski definition) is 5. The lowest BCUT2D eigenvalue weighted by Gasteiger charge is -2.37. The smallest absolute Gasteiger partial charge is 0.251 e. The summed E-state index contributed by atoms with van der Waals surface area (Å²) in [4.78, 5) is 21.9. The summed E-state index contributed by atoms with van der Waals surface area (Å²) in [5.74, 6) is 2.33. The second-order valence-electron chi connectivity index (χ2n) is 9.54. The third-order valence-electron chi connectivity index (χ3n) is 7.40. The van der Waals surface area contributed by atoms with Crippen LogP contribution in [0.4, 0.5) is 10.2 Å². The number of anilines is 1. The average Bonchev–Trinajstić information content (AvgIpc) is 3.34. The van der Waals surface area contributed by atoms with Crippen molar-refractivity contribution in [2.24, 2.45) is 5.92 Å². The third-order valence-corrected chi connectivity index (χ3v) is 7.40. The van der Waals surface area contributed by atoms with Gasteiger partial charge in [-0.25, -0.2) is 9.37 Å². The highest BCUT2D eigenvalue weighted by atomic mass is 19.1. The van der Waals surface area contributed by atoms with Crippen LogP contribution in [0.2, 0.25) is 0 Å². The molecule has 2 aliphatic heterocycles. The number of piperazine rings is 1. The Morgan fingerprint density at radius 1 is 1.06 bits per heavy atom. The van der Waals surface area contributed by atoms with E-state index in [1.807, 2.05) is 6.20 Å². The first-order valence-electron chi connectivity index (χ1n) is 12.3. The minimum absolute atomic E-state index is 0.0970. The first kappa shape index (κ1) is 22.1. The molecule has 33 heavy (non-hydrogen) atoms. The molecule has 3 aliphatic rings. The van der Waals surface area contributed by atoms with E-state index in [-0.39, 0.29) is 17.8 Å². The monoisotopic (exact) mass is 452 g/mol. The molecule has 0 spiro atoms. The van der Waals surface area contributed by atoms with E-state index in [0.29, 0.717) is 5.56 Å². The Bertz CT molecular complexity index is 951. The van der Waals surface area contributed by atoms with Crippen molar-refractivity contribution < 1.29 is 13.9 Å². The van der Waals surface area contributed by atoms with Gasteiger partial charge < -0.3 is 15.0 Å². The first-order valence-corrected chi connectivity index (χ1v) is 12.3. The molecule has 1 saturated carbocycles. The largest absolute Gasteiger partial charge is 0.489 e. The predicted molar refractivity (Wildman–Crippen MR) is 126 cm³/mol. The van der Waals surface area contributed by atoms with Crippen LogP contribution in [0.5, 0.6) is 5.75 Å². The van der Waals surface area contributed by atoms with Crippen molar-refractivity contribution in [1.29, 1.82) is 0 Å². The summed E-state index contributed by atoms with van der Waals surface area (Å²) < 4.78 is 18.9. The molecule has 2 fully saturated rings. The molecule has 5 rings (SSSR count). The lowest BCUT2D eigenvalue weighted by Crippen LogP contribution is -2.47. The van der Waals surface area contributed by atoms with E-state index >= 15 is 0 Å². The maximum atomic E-state index is 13.1. The number of benzene rings is 1. The van der Waals surface area contributed by atoms with E-state index in [2.05, 4.69) is 26.2 Å². The van der Waals surface area contributed by atoms with Gasteiger partial charge in [0.1, 0.15) is 5.82 Å². The third kappa shape index (κ3) is 5.29. The number of nitrogens with zero attached hydrogens (tertiary/aromatic N) is 3. The summed E-state index contributed by atoms with van der Waals surface area (Å²) in [6.07, 6.45) is 8.49. The number of rotatable bonds is 6. The number of pyridine rings is 1. The van der Waals surface area contributed by atoms with Gasteiger partial charge in [-0.15, -0.1) is 0 Å². The van der Waals surface area contributed by atoms with E-state index in [1.165, 1.54) is 24.1 Å². The summed E-state index contributed by atoms with van der Waals surface area (Å²) in [6, 6.07) is 8.06. The van der Waals surface area contributed by atoms with Crippen molar-refractivity contribution >= 4 is 11.7 Å². The van der Waals surface area contributed by atoms with Crippen LogP contribution in [0, 0.1) is 11.7 Å². The van der Waals surface area contributed by atoms with Crippen LogP contribution in [-0.4, -0.2) is 61.2 Å². The number of aromatic nitrogens is 1. The molecule has 6 nitrogen and oxygen atoms in total. The molecule has 3 heterocycles. The number of hydrogen-bond donors (Lipinski definition) is 1. The summed E-state index contributed by atoms with van der Waals surface area (Å²) in [7, 11) is 0. The number of carbonyl (C=O) groups is 1. The Hall–Kier alpha value is -2.67. The van der Waals surface area contributed by atoms with Gasteiger partial charge >= 0.3 is 0 Å². The number of amides is 1. The fourth-order valence-corrected chi connectivity index (χ4v) is 5.33. The van der Waals surface area contributed by atoms with Gasteiger partial charge in [-0.3, -0.25) is 9.69 Å². The summed E-state index contributed by atoms with van der Waals surface area (Å²) in [6.45, 7) is 6.03. The van der Waals surface area contributed by atoms with Crippen molar-refractivity contribution in [3.05, 3.63) is 53.5 Å². The van der Waals surface area contributed by atoms with E-state index < -0.39 is 0 Å². The van der Waals surface area contributed by atoms with Crippen LogP contribution in [0.15, 0.2) is 36.5 Å². The second-order valence-corrected chi connectivity index (χ2v) is 9.54. The molecule has 0 radical (unpaired) electrons. The van der Waals surface area contributed by atoms with Crippen molar-refractivity contribution in [2.45, 2.75) is 44.6 Å². The Labute approximate surface area is 195 Å². The molecule has 1 aromatic heterocycles. The molecule has 1 N–H and O–H groups in total.